The SMILES string of the molecule is CNCCCC(=O)CC1CCOc2ccccc21. The van der Waals surface area contributed by atoms with Crippen LogP contribution in [0, 0.1) is 0 Å². The molecule has 0 amide bonds. The van der Waals surface area contributed by atoms with Gasteiger partial charge in [0, 0.05) is 12.8 Å². The van der Waals surface area contributed by atoms with E-state index in [1.54, 1.807) is 0 Å². The molecular formula is C15H21NO2. The van der Waals surface area contributed by atoms with Crippen LogP contribution in [0.15, 0.2) is 24.3 Å². The summed E-state index contributed by atoms with van der Waals surface area (Å²) >= 11 is 0. The van der Waals surface area contributed by atoms with Crippen LogP contribution in [0.4, 0.5) is 0 Å². The van der Waals surface area contributed by atoms with Gasteiger partial charge in [0.15, 0.2) is 0 Å². The number of rotatable bonds is 6. The van der Waals surface area contributed by atoms with Crippen LogP contribution < -0.4 is 10.1 Å². The van der Waals surface area contributed by atoms with Gasteiger partial charge in [0.05, 0.1) is 6.61 Å². The van der Waals surface area contributed by atoms with Gasteiger partial charge in [0.2, 0.25) is 0 Å². The summed E-state index contributed by atoms with van der Waals surface area (Å²) in [6.07, 6.45) is 3.22. The lowest BCUT2D eigenvalue weighted by molar-refractivity contribution is -0.119. The first-order valence-electron chi connectivity index (χ1n) is 6.69. The van der Waals surface area contributed by atoms with Crippen molar-refractivity contribution in [2.24, 2.45) is 0 Å². The lowest BCUT2D eigenvalue weighted by Crippen LogP contribution is -2.17. The molecule has 18 heavy (non-hydrogen) atoms. The Labute approximate surface area is 109 Å². The van der Waals surface area contributed by atoms with E-state index in [-0.39, 0.29) is 0 Å². The second-order valence-corrected chi connectivity index (χ2v) is 4.82. The Kier molecular flexibility index (Phi) is 4.76. The zero-order chi connectivity index (χ0) is 12.8. The molecule has 3 heteroatoms. The quantitative estimate of drug-likeness (QED) is 0.785. The van der Waals surface area contributed by atoms with Crippen molar-refractivity contribution in [3.63, 3.8) is 0 Å². The molecule has 1 unspecified atom stereocenters. The number of fused-ring (bicyclic) bond motifs is 1. The predicted octanol–water partition coefficient (Wildman–Crippen LogP) is 2.51. The van der Waals surface area contributed by atoms with Gasteiger partial charge in [0.25, 0.3) is 0 Å². The Morgan fingerprint density at radius 3 is 3.11 bits per heavy atom. The standard InChI is InChI=1S/C15H21NO2/c1-16-9-4-5-13(17)11-12-8-10-18-15-7-3-2-6-14(12)15/h2-3,6-7,12,16H,4-5,8-11H2,1H3. The van der Waals surface area contributed by atoms with Gasteiger partial charge in [-0.05, 0) is 44.0 Å². The fourth-order valence-electron chi connectivity index (χ4n) is 2.47. The van der Waals surface area contributed by atoms with Gasteiger partial charge in [-0.1, -0.05) is 18.2 Å². The molecule has 1 aromatic rings. The van der Waals surface area contributed by atoms with E-state index in [1.165, 1.54) is 5.56 Å². The summed E-state index contributed by atoms with van der Waals surface area (Å²) in [7, 11) is 1.92. The van der Waals surface area contributed by atoms with E-state index in [2.05, 4.69) is 11.4 Å². The van der Waals surface area contributed by atoms with E-state index in [4.69, 9.17) is 4.74 Å². The Hall–Kier alpha value is -1.35. The molecule has 1 atom stereocenters. The number of carbonyl (C=O) groups is 1. The van der Waals surface area contributed by atoms with Crippen molar-refractivity contribution >= 4 is 5.78 Å². The van der Waals surface area contributed by atoms with Crippen LogP contribution >= 0.6 is 0 Å². The van der Waals surface area contributed by atoms with Crippen LogP contribution in [0.1, 0.15) is 37.2 Å². The normalized spacial score (nSPS) is 17.9. The second-order valence-electron chi connectivity index (χ2n) is 4.82. The lowest BCUT2D eigenvalue weighted by atomic mass is 9.88. The highest BCUT2D eigenvalue weighted by Gasteiger charge is 2.22. The summed E-state index contributed by atoms with van der Waals surface area (Å²) < 4.78 is 5.61. The molecule has 0 spiro atoms. The Morgan fingerprint density at radius 1 is 1.44 bits per heavy atom. The van der Waals surface area contributed by atoms with Crippen LogP contribution in [-0.2, 0) is 4.79 Å². The number of ketones is 1. The van der Waals surface area contributed by atoms with Crippen molar-refractivity contribution in [1.82, 2.24) is 5.32 Å². The molecule has 1 aliphatic rings. The second kappa shape index (κ2) is 6.55. The molecular weight excluding hydrogens is 226 g/mol. The van der Waals surface area contributed by atoms with E-state index in [9.17, 15) is 4.79 Å². The first-order valence-corrected chi connectivity index (χ1v) is 6.69. The van der Waals surface area contributed by atoms with Crippen molar-refractivity contribution in [3.8, 4) is 5.75 Å². The Morgan fingerprint density at radius 2 is 2.28 bits per heavy atom. The van der Waals surface area contributed by atoms with E-state index in [1.807, 2.05) is 25.2 Å². The number of para-hydroxylation sites is 1. The van der Waals surface area contributed by atoms with Gasteiger partial charge in [-0.15, -0.1) is 0 Å². The summed E-state index contributed by atoms with van der Waals surface area (Å²) in [6.45, 7) is 1.64. The van der Waals surface area contributed by atoms with E-state index in [0.717, 1.165) is 31.7 Å². The van der Waals surface area contributed by atoms with Crippen molar-refractivity contribution in [1.29, 1.82) is 0 Å². The fraction of sp³-hybridized carbons (Fsp3) is 0.533. The van der Waals surface area contributed by atoms with Crippen LogP contribution in [0.5, 0.6) is 5.75 Å². The number of ether oxygens (including phenoxy) is 1. The van der Waals surface area contributed by atoms with Crippen molar-refractivity contribution in [3.05, 3.63) is 29.8 Å². The monoisotopic (exact) mass is 247 g/mol. The molecule has 0 saturated heterocycles. The van der Waals surface area contributed by atoms with Crippen molar-refractivity contribution < 1.29 is 9.53 Å². The predicted molar refractivity (Wildman–Crippen MR) is 72.1 cm³/mol. The maximum Gasteiger partial charge on any atom is 0.133 e. The minimum atomic E-state index is 0.344. The van der Waals surface area contributed by atoms with Gasteiger partial charge in [0.1, 0.15) is 11.5 Å². The number of benzene rings is 1. The van der Waals surface area contributed by atoms with Gasteiger partial charge < -0.3 is 10.1 Å². The topological polar surface area (TPSA) is 38.3 Å². The van der Waals surface area contributed by atoms with Crippen LogP contribution in [0.3, 0.4) is 0 Å². The van der Waals surface area contributed by atoms with Crippen LogP contribution in [-0.4, -0.2) is 26.0 Å². The Balaban J connectivity index is 1.92. The van der Waals surface area contributed by atoms with Gasteiger partial charge in [-0.2, -0.15) is 0 Å². The molecule has 0 aromatic heterocycles. The van der Waals surface area contributed by atoms with Crippen LogP contribution in [0.25, 0.3) is 0 Å². The summed E-state index contributed by atoms with van der Waals surface area (Å²) in [5.41, 5.74) is 1.20. The van der Waals surface area contributed by atoms with Gasteiger partial charge in [-0.3, -0.25) is 4.79 Å². The molecule has 0 radical (unpaired) electrons. The van der Waals surface area contributed by atoms with Crippen LogP contribution in [0.2, 0.25) is 0 Å². The zero-order valence-corrected chi connectivity index (χ0v) is 10.9. The molecule has 0 saturated carbocycles. The molecule has 1 N–H and O–H groups in total. The lowest BCUT2D eigenvalue weighted by Gasteiger charge is -2.25. The smallest absolute Gasteiger partial charge is 0.133 e. The Bertz CT molecular complexity index is 403. The number of nitrogens with one attached hydrogen (secondary N) is 1. The molecule has 0 fully saturated rings. The highest BCUT2D eigenvalue weighted by atomic mass is 16.5. The molecule has 2 rings (SSSR count). The third-order valence-corrected chi connectivity index (χ3v) is 3.44. The maximum atomic E-state index is 11.9. The summed E-state index contributed by atoms with van der Waals surface area (Å²) in [4.78, 5) is 11.9. The summed E-state index contributed by atoms with van der Waals surface area (Å²) in [5, 5.41) is 3.07. The molecule has 3 nitrogen and oxygen atoms in total. The largest absolute Gasteiger partial charge is 0.493 e. The number of hydrogen-bond donors (Lipinski definition) is 1. The summed E-state index contributed by atoms with van der Waals surface area (Å²) in [6, 6.07) is 8.08. The molecule has 0 aliphatic carbocycles. The highest BCUT2D eigenvalue weighted by molar-refractivity contribution is 5.79. The summed E-state index contributed by atoms with van der Waals surface area (Å²) in [5.74, 6) is 1.67. The zero-order valence-electron chi connectivity index (χ0n) is 10.9. The van der Waals surface area contributed by atoms with E-state index in [0.29, 0.717) is 24.5 Å². The molecule has 1 aliphatic heterocycles. The van der Waals surface area contributed by atoms with Gasteiger partial charge >= 0.3 is 0 Å². The highest BCUT2D eigenvalue weighted by Crippen LogP contribution is 2.35. The average molecular weight is 247 g/mol. The number of carbonyl (C=O) groups excluding carboxylic acids is 1. The van der Waals surface area contributed by atoms with E-state index >= 15 is 0 Å². The minimum Gasteiger partial charge on any atom is -0.493 e. The van der Waals surface area contributed by atoms with Gasteiger partial charge in [-0.25, -0.2) is 0 Å². The third-order valence-electron chi connectivity index (χ3n) is 3.44. The third kappa shape index (κ3) is 3.33. The average Bonchev–Trinajstić information content (AvgIpc) is 2.39. The number of Topliss-reactive ketones (excluding diaryl/α,β-unsaturated/α-hetero) is 1. The minimum absolute atomic E-state index is 0.344. The first-order chi connectivity index (χ1) is 8.81. The maximum absolute atomic E-state index is 11.9. The van der Waals surface area contributed by atoms with E-state index < -0.39 is 0 Å². The van der Waals surface area contributed by atoms with Crippen molar-refractivity contribution in [2.45, 2.75) is 31.6 Å². The molecule has 0 bridgehead atoms. The number of hydrogen-bond acceptors (Lipinski definition) is 3. The molecule has 1 aromatic carbocycles. The molecule has 98 valence electrons. The fourth-order valence-corrected chi connectivity index (χ4v) is 2.47. The molecule has 1 heterocycles. The van der Waals surface area contributed by atoms with Crippen molar-refractivity contribution in [2.75, 3.05) is 20.2 Å². The first kappa shape index (κ1) is 13.1.